The van der Waals surface area contributed by atoms with Crippen molar-refractivity contribution in [2.75, 3.05) is 23.3 Å². The summed E-state index contributed by atoms with van der Waals surface area (Å²) in [6.45, 7) is 6.33. The van der Waals surface area contributed by atoms with Gasteiger partial charge in [-0.2, -0.15) is 10.4 Å². The Bertz CT molecular complexity index is 1600. The molecule has 194 valence electrons. The van der Waals surface area contributed by atoms with E-state index in [1.807, 2.05) is 23.0 Å². The summed E-state index contributed by atoms with van der Waals surface area (Å²) >= 11 is 0. The van der Waals surface area contributed by atoms with Gasteiger partial charge in [-0.05, 0) is 60.2 Å². The summed E-state index contributed by atoms with van der Waals surface area (Å²) < 4.78 is 1.82. The van der Waals surface area contributed by atoms with Crippen molar-refractivity contribution in [3.8, 4) is 28.3 Å². The van der Waals surface area contributed by atoms with Gasteiger partial charge in [0.25, 0.3) is 0 Å². The van der Waals surface area contributed by atoms with Gasteiger partial charge in [0.15, 0.2) is 0 Å². The van der Waals surface area contributed by atoms with Gasteiger partial charge in [0.1, 0.15) is 11.9 Å². The Balaban J connectivity index is 1.25. The Morgan fingerprint density at radius 3 is 2.31 bits per heavy atom. The minimum atomic E-state index is 0.472. The zero-order chi connectivity index (χ0) is 26.8. The second-order valence-corrected chi connectivity index (χ2v) is 10.6. The lowest BCUT2D eigenvalue weighted by Gasteiger charge is -2.33. The van der Waals surface area contributed by atoms with Crippen LogP contribution in [-0.4, -0.2) is 33.7 Å². The molecule has 0 unspecified atom stereocenters. The van der Waals surface area contributed by atoms with Crippen LogP contribution in [0.3, 0.4) is 0 Å². The van der Waals surface area contributed by atoms with Gasteiger partial charge in [0, 0.05) is 53.9 Å². The highest BCUT2D eigenvalue weighted by atomic mass is 15.2. The quantitative estimate of drug-likeness (QED) is 0.262. The summed E-state index contributed by atoms with van der Waals surface area (Å²) in [7, 11) is 0. The van der Waals surface area contributed by atoms with Crippen LogP contribution in [0.5, 0.6) is 0 Å². The van der Waals surface area contributed by atoms with E-state index >= 15 is 0 Å². The van der Waals surface area contributed by atoms with Gasteiger partial charge in [-0.3, -0.25) is 0 Å². The third-order valence-electron chi connectivity index (χ3n) is 7.67. The van der Waals surface area contributed by atoms with Crippen LogP contribution in [0, 0.1) is 11.3 Å². The topological polar surface area (TPSA) is 69.2 Å². The van der Waals surface area contributed by atoms with E-state index < -0.39 is 0 Å². The number of anilines is 2. The fourth-order valence-corrected chi connectivity index (χ4v) is 5.40. The standard InChI is InChI=1S/C33H32N6/c1-23(2)24-8-10-25(11-9-24)27-18-31(33-28(19-34)21-36-39(33)22-27)26-12-13-32(35-20-26)38-16-14-30(15-17-38)37-29-6-4-3-5-7-29/h3-13,18,20-23,30,37H,14-17H2,1-2H3. The highest BCUT2D eigenvalue weighted by Crippen LogP contribution is 2.33. The van der Waals surface area contributed by atoms with Crippen molar-refractivity contribution >= 4 is 17.0 Å². The lowest BCUT2D eigenvalue weighted by molar-refractivity contribution is 0.523. The summed E-state index contributed by atoms with van der Waals surface area (Å²) in [6.07, 6.45) is 7.70. The molecular weight excluding hydrogens is 480 g/mol. The van der Waals surface area contributed by atoms with E-state index in [1.165, 1.54) is 11.3 Å². The number of rotatable bonds is 6. The molecule has 3 aromatic heterocycles. The zero-order valence-electron chi connectivity index (χ0n) is 22.4. The summed E-state index contributed by atoms with van der Waals surface area (Å²) in [5, 5.41) is 17.9. The van der Waals surface area contributed by atoms with Crippen LogP contribution >= 0.6 is 0 Å². The maximum atomic E-state index is 9.76. The Morgan fingerprint density at radius 1 is 0.897 bits per heavy atom. The van der Waals surface area contributed by atoms with E-state index in [0.717, 1.165) is 59.5 Å². The number of hydrogen-bond donors (Lipinski definition) is 1. The van der Waals surface area contributed by atoms with E-state index in [-0.39, 0.29) is 0 Å². The largest absolute Gasteiger partial charge is 0.382 e. The Hall–Kier alpha value is -4.63. The van der Waals surface area contributed by atoms with Crippen LogP contribution in [-0.2, 0) is 0 Å². The number of para-hydroxylation sites is 1. The summed E-state index contributed by atoms with van der Waals surface area (Å²) in [5.74, 6) is 1.47. The number of piperidine rings is 1. The molecule has 4 heterocycles. The van der Waals surface area contributed by atoms with Crippen LogP contribution in [0.2, 0.25) is 0 Å². The summed E-state index contributed by atoms with van der Waals surface area (Å²) in [5.41, 5.74) is 7.96. The van der Waals surface area contributed by atoms with Crippen molar-refractivity contribution in [2.24, 2.45) is 0 Å². The van der Waals surface area contributed by atoms with Crippen molar-refractivity contribution in [3.05, 3.63) is 103 Å². The van der Waals surface area contributed by atoms with Gasteiger partial charge < -0.3 is 10.2 Å². The number of hydrogen-bond acceptors (Lipinski definition) is 5. The minimum absolute atomic E-state index is 0.472. The molecule has 1 fully saturated rings. The molecule has 0 radical (unpaired) electrons. The van der Waals surface area contributed by atoms with Gasteiger partial charge in [-0.15, -0.1) is 0 Å². The van der Waals surface area contributed by atoms with Crippen molar-refractivity contribution in [2.45, 2.75) is 38.6 Å². The number of fused-ring (bicyclic) bond motifs is 1. The number of benzene rings is 2. The lowest BCUT2D eigenvalue weighted by atomic mass is 9.97. The van der Waals surface area contributed by atoms with E-state index in [4.69, 9.17) is 4.98 Å². The SMILES string of the molecule is CC(C)c1ccc(-c2cc(-c3ccc(N4CCC(Nc5ccccc5)CC4)nc3)c3c(C#N)cnn3c2)cc1. The second kappa shape index (κ2) is 10.6. The van der Waals surface area contributed by atoms with Gasteiger partial charge in [0.2, 0.25) is 0 Å². The molecule has 6 heteroatoms. The van der Waals surface area contributed by atoms with E-state index in [9.17, 15) is 5.26 Å². The molecule has 2 aromatic carbocycles. The van der Waals surface area contributed by atoms with E-state index in [0.29, 0.717) is 17.5 Å². The van der Waals surface area contributed by atoms with Crippen LogP contribution in [0.1, 0.15) is 43.7 Å². The molecule has 1 N–H and O–H groups in total. The van der Waals surface area contributed by atoms with Gasteiger partial charge in [-0.25, -0.2) is 9.50 Å². The summed E-state index contributed by atoms with van der Waals surface area (Å²) in [4.78, 5) is 7.22. The van der Waals surface area contributed by atoms with Gasteiger partial charge in [-0.1, -0.05) is 56.3 Å². The highest BCUT2D eigenvalue weighted by Gasteiger charge is 2.21. The second-order valence-electron chi connectivity index (χ2n) is 10.6. The molecule has 0 atom stereocenters. The first-order valence-electron chi connectivity index (χ1n) is 13.6. The molecule has 5 aromatic rings. The highest BCUT2D eigenvalue weighted by molar-refractivity contribution is 5.87. The fourth-order valence-electron chi connectivity index (χ4n) is 5.40. The molecule has 0 aliphatic carbocycles. The average molecular weight is 513 g/mol. The third-order valence-corrected chi connectivity index (χ3v) is 7.67. The molecule has 39 heavy (non-hydrogen) atoms. The maximum absolute atomic E-state index is 9.76. The van der Waals surface area contributed by atoms with Crippen molar-refractivity contribution in [1.82, 2.24) is 14.6 Å². The number of nitriles is 1. The predicted octanol–water partition coefficient (Wildman–Crippen LogP) is 7.14. The molecule has 0 spiro atoms. The molecule has 1 aliphatic rings. The Morgan fingerprint density at radius 2 is 1.64 bits per heavy atom. The van der Waals surface area contributed by atoms with E-state index in [1.54, 1.807) is 6.20 Å². The van der Waals surface area contributed by atoms with E-state index in [2.05, 4.69) is 102 Å². The monoisotopic (exact) mass is 512 g/mol. The zero-order valence-corrected chi connectivity index (χ0v) is 22.4. The minimum Gasteiger partial charge on any atom is -0.382 e. The number of nitrogens with one attached hydrogen (secondary N) is 1. The molecule has 0 bridgehead atoms. The summed E-state index contributed by atoms with van der Waals surface area (Å²) in [6, 6.07) is 28.3. The molecule has 0 amide bonds. The first-order chi connectivity index (χ1) is 19.1. The number of pyridine rings is 2. The van der Waals surface area contributed by atoms with Crippen molar-refractivity contribution in [3.63, 3.8) is 0 Å². The predicted molar refractivity (Wildman–Crippen MR) is 158 cm³/mol. The number of aromatic nitrogens is 3. The van der Waals surface area contributed by atoms with Gasteiger partial charge in [0.05, 0.1) is 17.3 Å². The average Bonchev–Trinajstić information content (AvgIpc) is 3.41. The van der Waals surface area contributed by atoms with Crippen LogP contribution in [0.15, 0.2) is 91.4 Å². The van der Waals surface area contributed by atoms with Crippen LogP contribution in [0.4, 0.5) is 11.5 Å². The third kappa shape index (κ3) is 5.08. The fraction of sp³-hybridized carbons (Fsp3) is 0.242. The Labute approximate surface area is 229 Å². The smallest absolute Gasteiger partial charge is 0.128 e. The maximum Gasteiger partial charge on any atom is 0.128 e. The van der Waals surface area contributed by atoms with Gasteiger partial charge >= 0.3 is 0 Å². The first-order valence-corrected chi connectivity index (χ1v) is 13.6. The van der Waals surface area contributed by atoms with Crippen molar-refractivity contribution < 1.29 is 0 Å². The van der Waals surface area contributed by atoms with Crippen LogP contribution < -0.4 is 10.2 Å². The molecule has 0 saturated carbocycles. The molecule has 1 saturated heterocycles. The number of nitrogens with zero attached hydrogens (tertiary/aromatic N) is 5. The van der Waals surface area contributed by atoms with Crippen molar-refractivity contribution in [1.29, 1.82) is 5.26 Å². The molecular formula is C33H32N6. The lowest BCUT2D eigenvalue weighted by Crippen LogP contribution is -2.39. The molecule has 1 aliphatic heterocycles. The first kappa shape index (κ1) is 24.7. The normalized spacial score (nSPS) is 14.1. The molecule has 6 rings (SSSR count). The molecule has 6 nitrogen and oxygen atoms in total. The Kier molecular flexibility index (Phi) is 6.73. The van der Waals surface area contributed by atoms with Crippen LogP contribution in [0.25, 0.3) is 27.8 Å².